The van der Waals surface area contributed by atoms with Crippen LogP contribution in [0.3, 0.4) is 0 Å². The van der Waals surface area contributed by atoms with Gasteiger partial charge in [-0.3, -0.25) is 0 Å². The fraction of sp³-hybridized carbons (Fsp3) is 0.333. The summed E-state index contributed by atoms with van der Waals surface area (Å²) in [7, 11) is 1.54. The Balaban J connectivity index is 1.89. The first kappa shape index (κ1) is 15.5. The summed E-state index contributed by atoms with van der Waals surface area (Å²) < 4.78 is 18.8. The number of nitrogens with one attached hydrogen (secondary N) is 1. The van der Waals surface area contributed by atoms with Crippen molar-refractivity contribution in [1.29, 1.82) is 0 Å². The van der Waals surface area contributed by atoms with E-state index in [0.29, 0.717) is 23.8 Å². The van der Waals surface area contributed by atoms with Crippen molar-refractivity contribution in [2.75, 3.05) is 7.11 Å². The third-order valence-corrected chi connectivity index (χ3v) is 3.55. The van der Waals surface area contributed by atoms with E-state index < -0.39 is 0 Å². The van der Waals surface area contributed by atoms with Crippen molar-refractivity contribution >= 4 is 0 Å². The van der Waals surface area contributed by atoms with Gasteiger partial charge in [0.2, 0.25) is 0 Å². The van der Waals surface area contributed by atoms with Crippen LogP contribution >= 0.6 is 0 Å². The third kappa shape index (κ3) is 4.30. The molecule has 0 aliphatic rings. The van der Waals surface area contributed by atoms with Crippen molar-refractivity contribution in [3.8, 4) is 5.75 Å². The third-order valence-electron chi connectivity index (χ3n) is 3.55. The molecule has 1 N–H and O–H groups in total. The van der Waals surface area contributed by atoms with Crippen molar-refractivity contribution in [3.63, 3.8) is 0 Å². The Morgan fingerprint density at radius 1 is 1.05 bits per heavy atom. The summed E-state index contributed by atoms with van der Waals surface area (Å²) >= 11 is 0. The Labute approximate surface area is 126 Å². The van der Waals surface area contributed by atoms with Crippen LogP contribution in [0, 0.1) is 5.82 Å². The van der Waals surface area contributed by atoms with Gasteiger partial charge in [0.15, 0.2) is 0 Å². The van der Waals surface area contributed by atoms with Gasteiger partial charge in [0, 0.05) is 24.7 Å². The number of hydrogen-bond donors (Lipinski definition) is 1. The molecule has 0 aliphatic carbocycles. The summed E-state index contributed by atoms with van der Waals surface area (Å²) in [5, 5.41) is 3.26. The van der Waals surface area contributed by atoms with Gasteiger partial charge in [-0.05, 0) is 23.1 Å². The van der Waals surface area contributed by atoms with Crippen LogP contribution in [0.5, 0.6) is 5.75 Å². The van der Waals surface area contributed by atoms with E-state index in [2.05, 4.69) is 43.4 Å². The van der Waals surface area contributed by atoms with Crippen LogP contribution in [-0.2, 0) is 13.1 Å². The van der Waals surface area contributed by atoms with E-state index in [1.807, 2.05) is 0 Å². The molecule has 0 amide bonds. The highest BCUT2D eigenvalue weighted by molar-refractivity contribution is 5.29. The molecule has 0 unspecified atom stereocenters. The smallest absolute Gasteiger partial charge is 0.131 e. The Morgan fingerprint density at radius 3 is 2.33 bits per heavy atom. The topological polar surface area (TPSA) is 21.3 Å². The molecular formula is C18H22FNO. The molecule has 0 saturated heterocycles. The number of methoxy groups -OCH3 is 1. The van der Waals surface area contributed by atoms with E-state index >= 15 is 0 Å². The van der Waals surface area contributed by atoms with Crippen LogP contribution in [0.2, 0.25) is 0 Å². The van der Waals surface area contributed by atoms with E-state index in [1.54, 1.807) is 12.1 Å². The molecule has 0 atom stereocenters. The van der Waals surface area contributed by atoms with Crippen LogP contribution in [0.25, 0.3) is 0 Å². The molecule has 3 heteroatoms. The molecule has 0 fully saturated rings. The first-order chi connectivity index (χ1) is 10.1. The molecule has 21 heavy (non-hydrogen) atoms. The molecule has 0 aliphatic heterocycles. The van der Waals surface area contributed by atoms with Gasteiger partial charge in [-0.1, -0.05) is 44.2 Å². The highest BCUT2D eigenvalue weighted by Gasteiger charge is 2.04. The van der Waals surface area contributed by atoms with Gasteiger partial charge in [0.25, 0.3) is 0 Å². The van der Waals surface area contributed by atoms with Gasteiger partial charge in [-0.2, -0.15) is 0 Å². The average molecular weight is 287 g/mol. The van der Waals surface area contributed by atoms with E-state index in [9.17, 15) is 4.39 Å². The Kier molecular flexibility index (Phi) is 5.34. The molecule has 0 spiro atoms. The largest absolute Gasteiger partial charge is 0.497 e. The first-order valence-corrected chi connectivity index (χ1v) is 7.22. The predicted octanol–water partition coefficient (Wildman–Crippen LogP) is 4.25. The van der Waals surface area contributed by atoms with Crippen LogP contribution in [0.4, 0.5) is 4.39 Å². The molecule has 0 aromatic heterocycles. The summed E-state index contributed by atoms with van der Waals surface area (Å²) in [5.41, 5.74) is 3.18. The SMILES string of the molecule is COc1ccc(CNCc2ccc(C(C)C)cc2)c(F)c1. The van der Waals surface area contributed by atoms with E-state index in [1.165, 1.54) is 24.3 Å². The standard InChI is InChI=1S/C18H22FNO/c1-13(2)15-6-4-14(5-7-15)11-20-12-16-8-9-17(21-3)10-18(16)19/h4-10,13,20H,11-12H2,1-3H3. The predicted molar refractivity (Wildman–Crippen MR) is 84.0 cm³/mol. The van der Waals surface area contributed by atoms with Gasteiger partial charge in [0.05, 0.1) is 7.11 Å². The second-order valence-electron chi connectivity index (χ2n) is 5.46. The second-order valence-corrected chi connectivity index (χ2v) is 5.46. The molecule has 0 radical (unpaired) electrons. The van der Waals surface area contributed by atoms with Crippen LogP contribution in [0.15, 0.2) is 42.5 Å². The highest BCUT2D eigenvalue weighted by atomic mass is 19.1. The zero-order chi connectivity index (χ0) is 15.2. The summed E-state index contributed by atoms with van der Waals surface area (Å²) in [6.07, 6.45) is 0. The number of ether oxygens (including phenoxy) is 1. The number of hydrogen-bond acceptors (Lipinski definition) is 2. The molecular weight excluding hydrogens is 265 g/mol. The minimum atomic E-state index is -0.239. The van der Waals surface area contributed by atoms with Crippen molar-refractivity contribution in [1.82, 2.24) is 5.32 Å². The van der Waals surface area contributed by atoms with Crippen LogP contribution in [0.1, 0.15) is 36.5 Å². The summed E-state index contributed by atoms with van der Waals surface area (Å²) in [4.78, 5) is 0. The van der Waals surface area contributed by atoms with E-state index in [4.69, 9.17) is 4.74 Å². The highest BCUT2D eigenvalue weighted by Crippen LogP contribution is 2.17. The maximum atomic E-state index is 13.8. The van der Waals surface area contributed by atoms with Gasteiger partial charge in [-0.25, -0.2) is 4.39 Å². The number of halogens is 1. The first-order valence-electron chi connectivity index (χ1n) is 7.22. The second kappa shape index (κ2) is 7.23. The Morgan fingerprint density at radius 2 is 1.76 bits per heavy atom. The summed E-state index contributed by atoms with van der Waals surface area (Å²) in [5.74, 6) is 0.845. The zero-order valence-electron chi connectivity index (χ0n) is 12.8. The molecule has 0 heterocycles. The van der Waals surface area contributed by atoms with Gasteiger partial charge in [-0.15, -0.1) is 0 Å². The van der Waals surface area contributed by atoms with Crippen molar-refractivity contribution < 1.29 is 9.13 Å². The molecule has 112 valence electrons. The molecule has 2 aromatic carbocycles. The normalized spacial score (nSPS) is 10.9. The maximum absolute atomic E-state index is 13.8. The average Bonchev–Trinajstić information content (AvgIpc) is 2.49. The van der Waals surface area contributed by atoms with E-state index in [0.717, 1.165) is 6.54 Å². The Hall–Kier alpha value is -1.87. The lowest BCUT2D eigenvalue weighted by Gasteiger charge is -2.09. The van der Waals surface area contributed by atoms with E-state index in [-0.39, 0.29) is 5.82 Å². The van der Waals surface area contributed by atoms with Gasteiger partial charge < -0.3 is 10.1 Å². The lowest BCUT2D eigenvalue weighted by molar-refractivity contribution is 0.410. The molecule has 2 aromatic rings. The van der Waals surface area contributed by atoms with Crippen molar-refractivity contribution in [2.45, 2.75) is 32.9 Å². The molecule has 0 bridgehead atoms. The lowest BCUT2D eigenvalue weighted by atomic mass is 10.0. The van der Waals surface area contributed by atoms with Gasteiger partial charge in [0.1, 0.15) is 11.6 Å². The lowest BCUT2D eigenvalue weighted by Crippen LogP contribution is -2.13. The summed E-state index contributed by atoms with van der Waals surface area (Å²) in [6, 6.07) is 13.5. The fourth-order valence-corrected chi connectivity index (χ4v) is 2.16. The minimum Gasteiger partial charge on any atom is -0.497 e. The zero-order valence-corrected chi connectivity index (χ0v) is 12.8. The number of rotatable bonds is 6. The van der Waals surface area contributed by atoms with Crippen LogP contribution in [-0.4, -0.2) is 7.11 Å². The van der Waals surface area contributed by atoms with Crippen LogP contribution < -0.4 is 10.1 Å². The van der Waals surface area contributed by atoms with Crippen molar-refractivity contribution in [3.05, 3.63) is 65.0 Å². The minimum absolute atomic E-state index is 0.239. The molecule has 2 rings (SSSR count). The van der Waals surface area contributed by atoms with Gasteiger partial charge >= 0.3 is 0 Å². The maximum Gasteiger partial charge on any atom is 0.131 e. The summed E-state index contributed by atoms with van der Waals surface area (Å²) in [6.45, 7) is 5.59. The molecule has 0 saturated carbocycles. The number of benzene rings is 2. The monoisotopic (exact) mass is 287 g/mol. The van der Waals surface area contributed by atoms with Crippen molar-refractivity contribution in [2.24, 2.45) is 0 Å². The fourth-order valence-electron chi connectivity index (χ4n) is 2.16. The quantitative estimate of drug-likeness (QED) is 0.857. The molecule has 2 nitrogen and oxygen atoms in total. The Bertz CT molecular complexity index is 578.